The highest BCUT2D eigenvalue weighted by Crippen LogP contribution is 2.20. The van der Waals surface area contributed by atoms with Crippen LogP contribution < -0.4 is 9.64 Å². The van der Waals surface area contributed by atoms with E-state index < -0.39 is 0 Å². The van der Waals surface area contributed by atoms with Crippen LogP contribution >= 0.6 is 11.3 Å². The monoisotopic (exact) mass is 352 g/mol. The van der Waals surface area contributed by atoms with Gasteiger partial charge < -0.3 is 9.64 Å². The molecule has 0 fully saturated rings. The van der Waals surface area contributed by atoms with Crippen LogP contribution in [0.15, 0.2) is 60.0 Å². The molecule has 0 atom stereocenters. The number of benzene rings is 2. The lowest BCUT2D eigenvalue weighted by Crippen LogP contribution is -2.30. The van der Waals surface area contributed by atoms with Crippen molar-refractivity contribution in [3.05, 3.63) is 76.2 Å². The largest absolute Gasteiger partial charge is 0.486 e. The predicted molar refractivity (Wildman–Crippen MR) is 101 cm³/mol. The minimum Gasteiger partial charge on any atom is -0.486 e. The van der Waals surface area contributed by atoms with Crippen LogP contribution in [0, 0.1) is 6.92 Å². The summed E-state index contributed by atoms with van der Waals surface area (Å²) in [7, 11) is 0. The summed E-state index contributed by atoms with van der Waals surface area (Å²) in [5, 5.41) is 2.58. The summed E-state index contributed by atoms with van der Waals surface area (Å²) in [6.45, 7) is 4.95. The summed E-state index contributed by atoms with van der Waals surface area (Å²) in [6.07, 6.45) is 0. The van der Waals surface area contributed by atoms with E-state index in [9.17, 15) is 4.79 Å². The van der Waals surface area contributed by atoms with Gasteiger partial charge in [-0.05, 0) is 38.1 Å². The van der Waals surface area contributed by atoms with E-state index in [1.54, 1.807) is 10.3 Å². The first kappa shape index (κ1) is 17.2. The lowest BCUT2D eigenvalue weighted by atomic mass is 10.2. The summed E-state index contributed by atoms with van der Waals surface area (Å²) < 4.78 is 5.73. The highest BCUT2D eigenvalue weighted by atomic mass is 32.1. The SMILES string of the molecule is CCN(C(=O)c1csc(COc2ccc(C)cc2)n1)c1ccccc1. The van der Waals surface area contributed by atoms with E-state index in [0.29, 0.717) is 18.8 Å². The lowest BCUT2D eigenvalue weighted by molar-refractivity contribution is 0.0984. The van der Waals surface area contributed by atoms with Gasteiger partial charge in [0.25, 0.3) is 5.91 Å². The van der Waals surface area contributed by atoms with Crippen LogP contribution in [0.5, 0.6) is 5.75 Å². The normalized spacial score (nSPS) is 10.5. The standard InChI is InChI=1S/C20H20N2O2S/c1-3-22(16-7-5-4-6-8-16)20(23)18-14-25-19(21-18)13-24-17-11-9-15(2)10-12-17/h4-12,14H,3,13H2,1-2H3. The highest BCUT2D eigenvalue weighted by Gasteiger charge is 2.19. The number of carbonyl (C=O) groups is 1. The van der Waals surface area contributed by atoms with E-state index in [0.717, 1.165) is 16.4 Å². The Morgan fingerprint density at radius 2 is 1.84 bits per heavy atom. The Morgan fingerprint density at radius 3 is 2.52 bits per heavy atom. The fraction of sp³-hybridized carbons (Fsp3) is 0.200. The third kappa shape index (κ3) is 4.25. The maximum atomic E-state index is 12.7. The molecule has 0 radical (unpaired) electrons. The number of carbonyl (C=O) groups excluding carboxylic acids is 1. The average molecular weight is 352 g/mol. The van der Waals surface area contributed by atoms with Gasteiger partial charge in [0.1, 0.15) is 23.1 Å². The third-order valence-electron chi connectivity index (χ3n) is 3.78. The van der Waals surface area contributed by atoms with Crippen LogP contribution in [0.1, 0.15) is 28.0 Å². The second kappa shape index (κ2) is 7.94. The van der Waals surface area contributed by atoms with Crippen LogP contribution in [0.25, 0.3) is 0 Å². The molecule has 0 aliphatic heterocycles. The van der Waals surface area contributed by atoms with Gasteiger partial charge in [-0.1, -0.05) is 35.9 Å². The maximum Gasteiger partial charge on any atom is 0.277 e. The van der Waals surface area contributed by atoms with Crippen molar-refractivity contribution in [2.75, 3.05) is 11.4 Å². The molecule has 0 saturated heterocycles. The molecule has 0 spiro atoms. The summed E-state index contributed by atoms with van der Waals surface area (Å²) >= 11 is 1.44. The van der Waals surface area contributed by atoms with E-state index in [1.165, 1.54) is 16.9 Å². The predicted octanol–water partition coefficient (Wildman–Crippen LogP) is 4.70. The van der Waals surface area contributed by atoms with E-state index in [2.05, 4.69) is 4.98 Å². The number of ether oxygens (including phenoxy) is 1. The van der Waals surface area contributed by atoms with Crippen LogP contribution in [0.4, 0.5) is 5.69 Å². The molecular formula is C20H20N2O2S. The molecule has 2 aromatic carbocycles. The molecule has 25 heavy (non-hydrogen) atoms. The number of aromatic nitrogens is 1. The fourth-order valence-corrected chi connectivity index (χ4v) is 3.12. The molecule has 1 aromatic heterocycles. The number of para-hydroxylation sites is 1. The highest BCUT2D eigenvalue weighted by molar-refractivity contribution is 7.09. The van der Waals surface area contributed by atoms with Gasteiger partial charge >= 0.3 is 0 Å². The van der Waals surface area contributed by atoms with Crippen molar-refractivity contribution in [3.63, 3.8) is 0 Å². The molecular weight excluding hydrogens is 332 g/mol. The zero-order valence-electron chi connectivity index (χ0n) is 14.3. The lowest BCUT2D eigenvalue weighted by Gasteiger charge is -2.19. The molecule has 0 N–H and O–H groups in total. The Labute approximate surface area is 151 Å². The zero-order chi connectivity index (χ0) is 17.6. The molecule has 3 rings (SSSR count). The molecule has 0 aliphatic carbocycles. The number of anilines is 1. The number of thiazole rings is 1. The van der Waals surface area contributed by atoms with E-state index in [4.69, 9.17) is 4.74 Å². The van der Waals surface area contributed by atoms with E-state index in [-0.39, 0.29) is 5.91 Å². The summed E-state index contributed by atoms with van der Waals surface area (Å²) in [5.41, 5.74) is 2.52. The molecule has 3 aromatic rings. The first-order chi connectivity index (χ1) is 12.2. The number of amides is 1. The Morgan fingerprint density at radius 1 is 1.12 bits per heavy atom. The zero-order valence-corrected chi connectivity index (χ0v) is 15.1. The molecule has 128 valence electrons. The van der Waals surface area contributed by atoms with Gasteiger partial charge in [0, 0.05) is 17.6 Å². The van der Waals surface area contributed by atoms with Gasteiger partial charge in [0.2, 0.25) is 0 Å². The third-order valence-corrected chi connectivity index (χ3v) is 4.61. The minimum absolute atomic E-state index is 0.0912. The van der Waals surface area contributed by atoms with Crippen molar-refractivity contribution < 1.29 is 9.53 Å². The van der Waals surface area contributed by atoms with Crippen LogP contribution in [-0.2, 0) is 6.61 Å². The molecule has 0 aliphatic rings. The number of rotatable bonds is 6. The van der Waals surface area contributed by atoms with Gasteiger partial charge in [-0.25, -0.2) is 4.98 Å². The molecule has 1 amide bonds. The second-order valence-electron chi connectivity index (χ2n) is 5.61. The van der Waals surface area contributed by atoms with Gasteiger partial charge in [0.15, 0.2) is 0 Å². The van der Waals surface area contributed by atoms with E-state index in [1.807, 2.05) is 68.4 Å². The van der Waals surface area contributed by atoms with Crippen LogP contribution in [0.3, 0.4) is 0 Å². The van der Waals surface area contributed by atoms with Crippen molar-refractivity contribution in [1.82, 2.24) is 4.98 Å². The summed E-state index contributed by atoms with van der Waals surface area (Å²) in [5.74, 6) is 0.708. The fourth-order valence-electron chi connectivity index (χ4n) is 2.44. The first-order valence-corrected chi connectivity index (χ1v) is 9.06. The van der Waals surface area contributed by atoms with Gasteiger partial charge in [0.05, 0.1) is 0 Å². The average Bonchev–Trinajstić information content (AvgIpc) is 3.12. The number of nitrogens with zero attached hydrogens (tertiary/aromatic N) is 2. The second-order valence-corrected chi connectivity index (χ2v) is 6.56. The van der Waals surface area contributed by atoms with Crippen molar-refractivity contribution in [1.29, 1.82) is 0 Å². The van der Waals surface area contributed by atoms with Crippen molar-refractivity contribution in [3.8, 4) is 5.75 Å². The van der Waals surface area contributed by atoms with Crippen molar-refractivity contribution >= 4 is 22.9 Å². The molecule has 1 heterocycles. The summed E-state index contributed by atoms with van der Waals surface area (Å²) in [6, 6.07) is 17.5. The number of aryl methyl sites for hydroxylation is 1. The number of hydrogen-bond acceptors (Lipinski definition) is 4. The molecule has 5 heteroatoms. The molecule has 0 unspecified atom stereocenters. The Bertz CT molecular complexity index is 828. The quantitative estimate of drug-likeness (QED) is 0.646. The van der Waals surface area contributed by atoms with Crippen molar-refractivity contribution in [2.24, 2.45) is 0 Å². The van der Waals surface area contributed by atoms with Gasteiger partial charge in [-0.3, -0.25) is 4.79 Å². The van der Waals surface area contributed by atoms with Gasteiger partial charge in [-0.2, -0.15) is 0 Å². The van der Waals surface area contributed by atoms with Crippen LogP contribution in [0.2, 0.25) is 0 Å². The van der Waals surface area contributed by atoms with Gasteiger partial charge in [-0.15, -0.1) is 11.3 Å². The maximum absolute atomic E-state index is 12.7. The molecule has 4 nitrogen and oxygen atoms in total. The molecule has 0 saturated carbocycles. The summed E-state index contributed by atoms with van der Waals surface area (Å²) in [4.78, 5) is 18.9. The topological polar surface area (TPSA) is 42.4 Å². The van der Waals surface area contributed by atoms with E-state index >= 15 is 0 Å². The van der Waals surface area contributed by atoms with Crippen molar-refractivity contribution in [2.45, 2.75) is 20.5 Å². The Kier molecular flexibility index (Phi) is 5.46. The number of hydrogen-bond donors (Lipinski definition) is 0. The van der Waals surface area contributed by atoms with Crippen LogP contribution in [-0.4, -0.2) is 17.4 Å². The Hall–Kier alpha value is -2.66. The Balaban J connectivity index is 1.67. The smallest absolute Gasteiger partial charge is 0.277 e. The minimum atomic E-state index is -0.0912. The first-order valence-electron chi connectivity index (χ1n) is 8.18. The molecule has 0 bridgehead atoms.